The number of nitrogens with zero attached hydrogens (tertiary/aromatic N) is 3. The quantitative estimate of drug-likeness (QED) is 0.529. The Labute approximate surface area is 155 Å². The van der Waals surface area contributed by atoms with Gasteiger partial charge >= 0.3 is 12.1 Å². The van der Waals surface area contributed by atoms with Gasteiger partial charge in [0.05, 0.1) is 17.9 Å². The summed E-state index contributed by atoms with van der Waals surface area (Å²) in [4.78, 5) is 20.8. The Morgan fingerprint density at radius 3 is 2.50 bits per heavy atom. The van der Waals surface area contributed by atoms with Crippen LogP contribution in [0.1, 0.15) is 5.69 Å². The maximum absolute atomic E-state index is 12.3. The first kappa shape index (κ1) is 17.8. The van der Waals surface area contributed by atoms with Crippen molar-refractivity contribution >= 4 is 11.2 Å². The van der Waals surface area contributed by atoms with Gasteiger partial charge in [-0.25, -0.2) is 9.78 Å². The van der Waals surface area contributed by atoms with Gasteiger partial charge in [0, 0.05) is 11.8 Å². The Kier molecular flexibility index (Phi) is 4.34. The lowest BCUT2D eigenvalue weighted by Crippen LogP contribution is -2.17. The highest BCUT2D eigenvalue weighted by molar-refractivity contribution is 5.73. The van der Waals surface area contributed by atoms with Crippen molar-refractivity contribution in [3.8, 4) is 17.0 Å². The van der Waals surface area contributed by atoms with Crippen molar-refractivity contribution in [2.75, 3.05) is 0 Å². The Balaban J connectivity index is 1.69. The number of ether oxygens (including phenoxy) is 1. The van der Waals surface area contributed by atoms with Gasteiger partial charge in [-0.15, -0.1) is 13.2 Å². The highest BCUT2D eigenvalue weighted by Crippen LogP contribution is 2.26. The van der Waals surface area contributed by atoms with Gasteiger partial charge in [0.25, 0.3) is 0 Å². The molecule has 0 aliphatic rings. The summed E-state index contributed by atoms with van der Waals surface area (Å²) in [7, 11) is 0. The summed E-state index contributed by atoms with van der Waals surface area (Å²) in [5.74, 6) is -0.896. The normalized spacial score (nSPS) is 11.7. The van der Waals surface area contributed by atoms with E-state index in [1.165, 1.54) is 28.8 Å². The molecule has 1 aromatic carbocycles. The molecule has 0 amide bonds. The summed E-state index contributed by atoms with van der Waals surface area (Å²) in [6.07, 6.45) is -3.14. The maximum Gasteiger partial charge on any atom is 0.573 e. The van der Waals surface area contributed by atoms with Gasteiger partial charge in [-0.3, -0.25) is 9.55 Å². The van der Waals surface area contributed by atoms with Crippen LogP contribution in [0.25, 0.3) is 22.5 Å². The van der Waals surface area contributed by atoms with Crippen LogP contribution in [0.3, 0.4) is 0 Å². The molecule has 3 heterocycles. The lowest BCUT2D eigenvalue weighted by atomic mass is 10.1. The number of fused-ring (bicyclic) bond motifs is 1. The van der Waals surface area contributed by atoms with Crippen molar-refractivity contribution in [2.24, 2.45) is 0 Å². The largest absolute Gasteiger partial charge is 0.573 e. The number of oxazole rings is 1. The molecule has 0 aliphatic heterocycles. The minimum absolute atomic E-state index is 0.182. The average molecular weight is 387 g/mol. The third-order valence-electron chi connectivity index (χ3n) is 3.94. The number of alkyl halides is 3. The molecule has 0 radical (unpaired) electrons. The van der Waals surface area contributed by atoms with E-state index >= 15 is 0 Å². The van der Waals surface area contributed by atoms with Crippen LogP contribution in [-0.4, -0.2) is 20.9 Å². The molecule has 0 atom stereocenters. The van der Waals surface area contributed by atoms with Crippen molar-refractivity contribution in [1.82, 2.24) is 14.5 Å². The molecule has 0 saturated heterocycles. The monoisotopic (exact) mass is 387 g/mol. The molecule has 28 heavy (non-hydrogen) atoms. The van der Waals surface area contributed by atoms with Crippen LogP contribution in [0, 0.1) is 0 Å². The molecule has 0 unspecified atom stereocenters. The van der Waals surface area contributed by atoms with Crippen LogP contribution in [0.4, 0.5) is 13.2 Å². The second-order valence-corrected chi connectivity index (χ2v) is 5.87. The fourth-order valence-corrected chi connectivity index (χ4v) is 2.73. The van der Waals surface area contributed by atoms with Gasteiger partial charge < -0.3 is 9.15 Å². The van der Waals surface area contributed by atoms with Gasteiger partial charge in [-0.1, -0.05) is 6.07 Å². The summed E-state index contributed by atoms with van der Waals surface area (Å²) in [6.45, 7) is 0.182. The van der Waals surface area contributed by atoms with E-state index in [0.717, 1.165) is 0 Å². The number of hydrogen-bond acceptors (Lipinski definition) is 5. The summed E-state index contributed by atoms with van der Waals surface area (Å²) in [5, 5.41) is 0. The number of hydrogen-bond donors (Lipinski definition) is 0. The molecular weight excluding hydrogens is 375 g/mol. The van der Waals surface area contributed by atoms with E-state index < -0.39 is 12.1 Å². The molecule has 4 rings (SSSR count). The maximum atomic E-state index is 12.3. The van der Waals surface area contributed by atoms with Crippen molar-refractivity contribution in [2.45, 2.75) is 12.9 Å². The lowest BCUT2D eigenvalue weighted by Gasteiger charge is -2.09. The standard InChI is InChI=1S/C19H12F3N3O3/c20-19(21,22)28-14-6-4-12(5-7-14)15-8-9-16-17(24-15)25(18(26)27-16)11-13-3-1-2-10-23-13/h1-10H,11H2. The SMILES string of the molecule is O=c1oc2ccc(-c3ccc(OC(F)(F)F)cc3)nc2n1Cc1ccccn1. The Bertz CT molecular complexity index is 1170. The first-order valence-corrected chi connectivity index (χ1v) is 8.15. The molecule has 0 fully saturated rings. The van der Waals surface area contributed by atoms with E-state index in [4.69, 9.17) is 4.42 Å². The predicted octanol–water partition coefficient (Wildman–Crippen LogP) is 4.00. The van der Waals surface area contributed by atoms with E-state index in [1.807, 2.05) is 0 Å². The summed E-state index contributed by atoms with van der Waals surface area (Å²) < 4.78 is 47.3. The third kappa shape index (κ3) is 3.73. The zero-order valence-electron chi connectivity index (χ0n) is 14.2. The number of benzene rings is 1. The molecule has 142 valence electrons. The molecular formula is C19H12F3N3O3. The van der Waals surface area contributed by atoms with Crippen molar-refractivity contribution in [3.63, 3.8) is 0 Å². The highest BCUT2D eigenvalue weighted by Gasteiger charge is 2.31. The average Bonchev–Trinajstić information content (AvgIpc) is 2.97. The summed E-state index contributed by atoms with van der Waals surface area (Å²) in [5.41, 5.74) is 2.33. The second kappa shape index (κ2) is 6.84. The summed E-state index contributed by atoms with van der Waals surface area (Å²) >= 11 is 0. The third-order valence-corrected chi connectivity index (χ3v) is 3.94. The van der Waals surface area contributed by atoms with Gasteiger partial charge in [0.1, 0.15) is 5.75 Å². The van der Waals surface area contributed by atoms with E-state index in [1.54, 1.807) is 36.5 Å². The number of halogens is 3. The van der Waals surface area contributed by atoms with Gasteiger partial charge in [-0.2, -0.15) is 0 Å². The molecule has 6 nitrogen and oxygen atoms in total. The predicted molar refractivity (Wildman–Crippen MR) is 93.7 cm³/mol. The topological polar surface area (TPSA) is 70.2 Å². The number of pyridine rings is 2. The van der Waals surface area contributed by atoms with Crippen LogP contribution in [0.15, 0.2) is 70.0 Å². The number of aromatic nitrogens is 3. The minimum Gasteiger partial charge on any atom is -0.406 e. The molecule has 0 N–H and O–H groups in total. The molecule has 3 aromatic heterocycles. The number of rotatable bonds is 4. The Morgan fingerprint density at radius 2 is 1.82 bits per heavy atom. The zero-order valence-corrected chi connectivity index (χ0v) is 14.2. The zero-order chi connectivity index (χ0) is 19.7. The van der Waals surface area contributed by atoms with Gasteiger partial charge in [-0.05, 0) is 48.5 Å². The van der Waals surface area contributed by atoms with Gasteiger partial charge in [0.2, 0.25) is 0 Å². The molecule has 9 heteroatoms. The van der Waals surface area contributed by atoms with Crippen LogP contribution in [0.5, 0.6) is 5.75 Å². The molecule has 0 bridgehead atoms. The van der Waals surface area contributed by atoms with E-state index in [9.17, 15) is 18.0 Å². The van der Waals surface area contributed by atoms with Crippen molar-refractivity contribution in [1.29, 1.82) is 0 Å². The van der Waals surface area contributed by atoms with Crippen LogP contribution < -0.4 is 10.5 Å². The smallest absolute Gasteiger partial charge is 0.406 e. The lowest BCUT2D eigenvalue weighted by molar-refractivity contribution is -0.274. The molecule has 0 spiro atoms. The van der Waals surface area contributed by atoms with Gasteiger partial charge in [0.15, 0.2) is 11.2 Å². The fourth-order valence-electron chi connectivity index (χ4n) is 2.73. The molecule has 0 saturated carbocycles. The van der Waals surface area contributed by atoms with Crippen molar-refractivity contribution in [3.05, 3.63) is 77.0 Å². The Hall–Kier alpha value is -3.62. The van der Waals surface area contributed by atoms with Crippen LogP contribution in [0.2, 0.25) is 0 Å². The van der Waals surface area contributed by atoms with E-state index in [2.05, 4.69) is 14.7 Å². The van der Waals surface area contributed by atoms with Crippen LogP contribution >= 0.6 is 0 Å². The molecule has 0 aliphatic carbocycles. The fraction of sp³-hybridized carbons (Fsp3) is 0.105. The first-order chi connectivity index (χ1) is 13.4. The van der Waals surface area contributed by atoms with E-state index in [-0.39, 0.29) is 12.3 Å². The second-order valence-electron chi connectivity index (χ2n) is 5.87. The molecule has 4 aromatic rings. The highest BCUT2D eigenvalue weighted by atomic mass is 19.4. The van der Waals surface area contributed by atoms with E-state index in [0.29, 0.717) is 28.2 Å². The first-order valence-electron chi connectivity index (χ1n) is 8.15. The summed E-state index contributed by atoms with van der Waals surface area (Å²) in [6, 6.07) is 13.9. The van der Waals surface area contributed by atoms with Crippen LogP contribution in [-0.2, 0) is 6.54 Å². The van der Waals surface area contributed by atoms with Crippen molar-refractivity contribution < 1.29 is 22.3 Å². The minimum atomic E-state index is -4.75. The Morgan fingerprint density at radius 1 is 1.04 bits per heavy atom.